The molecule has 1 aliphatic heterocycles. The minimum absolute atomic E-state index is 0.0456. The van der Waals surface area contributed by atoms with E-state index >= 15 is 0 Å². The van der Waals surface area contributed by atoms with Gasteiger partial charge >= 0.3 is 6.18 Å². The van der Waals surface area contributed by atoms with Crippen molar-refractivity contribution in [3.63, 3.8) is 0 Å². The molecule has 0 radical (unpaired) electrons. The first-order chi connectivity index (χ1) is 10.7. The Labute approximate surface area is 134 Å². The second kappa shape index (κ2) is 6.91. The minimum Gasteiger partial charge on any atom is -0.340 e. The zero-order valence-corrected chi connectivity index (χ0v) is 13.4. The number of piperidine rings is 1. The maximum absolute atomic E-state index is 12.6. The summed E-state index contributed by atoms with van der Waals surface area (Å²) in [4.78, 5) is 14.4. The molecule has 23 heavy (non-hydrogen) atoms. The number of amides is 1. The number of likely N-dealkylation sites (tertiary alicyclic amines) is 1. The number of hydrogen-bond donors (Lipinski definition) is 1. The van der Waals surface area contributed by atoms with Gasteiger partial charge in [-0.2, -0.15) is 13.2 Å². The predicted octanol–water partition coefficient (Wildman–Crippen LogP) is 3.22. The van der Waals surface area contributed by atoms with Crippen LogP contribution in [-0.4, -0.2) is 29.4 Å². The van der Waals surface area contributed by atoms with Crippen molar-refractivity contribution in [2.45, 2.75) is 51.4 Å². The van der Waals surface area contributed by atoms with E-state index in [2.05, 4.69) is 0 Å². The van der Waals surface area contributed by atoms with Gasteiger partial charge in [0.25, 0.3) is 0 Å². The van der Waals surface area contributed by atoms with E-state index in [1.165, 1.54) is 12.1 Å². The van der Waals surface area contributed by atoms with E-state index in [1.807, 2.05) is 18.7 Å². The van der Waals surface area contributed by atoms with Gasteiger partial charge < -0.3 is 10.6 Å². The van der Waals surface area contributed by atoms with E-state index < -0.39 is 11.7 Å². The van der Waals surface area contributed by atoms with Gasteiger partial charge in [-0.05, 0) is 43.9 Å². The largest absolute Gasteiger partial charge is 0.416 e. The Bertz CT molecular complexity index is 542. The number of rotatable bonds is 3. The molecular formula is C17H23F3N2O. The minimum atomic E-state index is -4.33. The van der Waals surface area contributed by atoms with Gasteiger partial charge in [-0.15, -0.1) is 0 Å². The highest BCUT2D eigenvalue weighted by Crippen LogP contribution is 2.29. The van der Waals surface area contributed by atoms with E-state index in [1.54, 1.807) is 0 Å². The van der Waals surface area contributed by atoms with Crippen molar-refractivity contribution in [1.82, 2.24) is 4.90 Å². The number of carbonyl (C=O) groups is 1. The molecule has 3 nitrogen and oxygen atoms in total. The first-order valence-electron chi connectivity index (χ1n) is 7.90. The Kier molecular flexibility index (Phi) is 5.34. The fourth-order valence-electron chi connectivity index (χ4n) is 3.09. The molecular weight excluding hydrogens is 305 g/mol. The Hall–Kier alpha value is -1.56. The number of benzene rings is 1. The fraction of sp³-hybridized carbons (Fsp3) is 0.588. The molecule has 2 N–H and O–H groups in total. The summed E-state index contributed by atoms with van der Waals surface area (Å²) in [5.41, 5.74) is 5.98. The molecule has 0 aromatic heterocycles. The van der Waals surface area contributed by atoms with Crippen molar-refractivity contribution in [2.24, 2.45) is 11.7 Å². The monoisotopic (exact) mass is 328 g/mol. The molecule has 0 aliphatic carbocycles. The molecule has 1 amide bonds. The van der Waals surface area contributed by atoms with Crippen LogP contribution in [0.25, 0.3) is 0 Å². The third-order valence-corrected chi connectivity index (χ3v) is 4.44. The lowest BCUT2D eigenvalue weighted by molar-refractivity contribution is -0.139. The average Bonchev–Trinajstić information content (AvgIpc) is 2.46. The Balaban J connectivity index is 1.98. The molecule has 3 unspecified atom stereocenters. The molecule has 3 atom stereocenters. The number of carbonyl (C=O) groups excluding carboxylic acids is 1. The lowest BCUT2D eigenvalue weighted by Gasteiger charge is -2.38. The highest BCUT2D eigenvalue weighted by molar-refractivity contribution is 5.79. The third-order valence-electron chi connectivity index (χ3n) is 4.44. The van der Waals surface area contributed by atoms with Crippen LogP contribution in [-0.2, 0) is 17.4 Å². The molecule has 128 valence electrons. The molecule has 2 rings (SSSR count). The number of nitrogens with zero attached hydrogens (tertiary/aromatic N) is 1. The summed E-state index contributed by atoms with van der Waals surface area (Å²) in [6, 6.07) is 5.27. The Morgan fingerprint density at radius 3 is 2.48 bits per heavy atom. The van der Waals surface area contributed by atoms with Crippen LogP contribution in [0.5, 0.6) is 0 Å². The second-order valence-corrected chi connectivity index (χ2v) is 6.46. The number of nitrogens with two attached hydrogens (primary N) is 1. The zero-order chi connectivity index (χ0) is 17.2. The van der Waals surface area contributed by atoms with Crippen molar-refractivity contribution < 1.29 is 18.0 Å². The molecule has 0 spiro atoms. The molecule has 1 fully saturated rings. The van der Waals surface area contributed by atoms with E-state index in [-0.39, 0.29) is 23.9 Å². The lowest BCUT2D eigenvalue weighted by Crippen LogP contribution is -2.50. The van der Waals surface area contributed by atoms with Crippen LogP contribution in [0.2, 0.25) is 0 Å². The molecule has 1 aromatic rings. The van der Waals surface area contributed by atoms with E-state index in [0.717, 1.165) is 30.5 Å². The van der Waals surface area contributed by atoms with Crippen LogP contribution in [0.3, 0.4) is 0 Å². The van der Waals surface area contributed by atoms with Crippen molar-refractivity contribution in [3.8, 4) is 0 Å². The summed E-state index contributed by atoms with van der Waals surface area (Å²) in [5.74, 6) is -0.215. The Morgan fingerprint density at radius 1 is 1.35 bits per heavy atom. The molecule has 6 heteroatoms. The van der Waals surface area contributed by atoms with Gasteiger partial charge in [0.1, 0.15) is 0 Å². The SMILES string of the molecule is CC(Cc1ccc(C(F)(F)F)cc1)C(=O)N1CCC(N)CC1C. The van der Waals surface area contributed by atoms with Crippen LogP contribution in [0, 0.1) is 5.92 Å². The molecule has 1 aliphatic rings. The van der Waals surface area contributed by atoms with Crippen LogP contribution in [0.1, 0.15) is 37.8 Å². The second-order valence-electron chi connectivity index (χ2n) is 6.46. The topological polar surface area (TPSA) is 46.3 Å². The average molecular weight is 328 g/mol. The van der Waals surface area contributed by atoms with Gasteiger partial charge in [0.05, 0.1) is 5.56 Å². The van der Waals surface area contributed by atoms with Crippen molar-refractivity contribution in [3.05, 3.63) is 35.4 Å². The van der Waals surface area contributed by atoms with Crippen molar-refractivity contribution in [2.75, 3.05) is 6.54 Å². The number of alkyl halides is 3. The fourth-order valence-corrected chi connectivity index (χ4v) is 3.09. The quantitative estimate of drug-likeness (QED) is 0.926. The highest BCUT2D eigenvalue weighted by Gasteiger charge is 2.31. The van der Waals surface area contributed by atoms with E-state index in [4.69, 9.17) is 5.73 Å². The summed E-state index contributed by atoms with van der Waals surface area (Å²) in [6.07, 6.45) is -2.31. The van der Waals surface area contributed by atoms with Crippen LogP contribution in [0.15, 0.2) is 24.3 Å². The van der Waals surface area contributed by atoms with Gasteiger partial charge in [-0.1, -0.05) is 19.1 Å². The standard InChI is InChI=1S/C17H23F3N2O/c1-11(16(23)22-8-7-15(21)10-12(22)2)9-13-3-5-14(6-4-13)17(18,19)20/h3-6,11-12,15H,7-10,21H2,1-2H3. The van der Waals surface area contributed by atoms with Crippen molar-refractivity contribution >= 4 is 5.91 Å². The number of halogens is 3. The van der Waals surface area contributed by atoms with Crippen LogP contribution >= 0.6 is 0 Å². The van der Waals surface area contributed by atoms with Gasteiger partial charge in [0, 0.05) is 24.5 Å². The van der Waals surface area contributed by atoms with E-state index in [9.17, 15) is 18.0 Å². The summed E-state index contributed by atoms with van der Waals surface area (Å²) >= 11 is 0. The molecule has 0 bridgehead atoms. The van der Waals surface area contributed by atoms with Crippen LogP contribution in [0.4, 0.5) is 13.2 Å². The Morgan fingerprint density at radius 2 is 1.96 bits per heavy atom. The smallest absolute Gasteiger partial charge is 0.340 e. The van der Waals surface area contributed by atoms with Crippen LogP contribution < -0.4 is 5.73 Å². The summed E-state index contributed by atoms with van der Waals surface area (Å²) in [5, 5.41) is 0. The summed E-state index contributed by atoms with van der Waals surface area (Å²) in [6.45, 7) is 4.46. The van der Waals surface area contributed by atoms with Gasteiger partial charge in [-0.25, -0.2) is 0 Å². The highest BCUT2D eigenvalue weighted by atomic mass is 19.4. The first-order valence-corrected chi connectivity index (χ1v) is 7.90. The first kappa shape index (κ1) is 17.8. The lowest BCUT2D eigenvalue weighted by atomic mass is 9.94. The zero-order valence-electron chi connectivity index (χ0n) is 13.4. The van der Waals surface area contributed by atoms with Gasteiger partial charge in [0.2, 0.25) is 5.91 Å². The number of hydrogen-bond acceptors (Lipinski definition) is 2. The normalized spacial score (nSPS) is 23.7. The van der Waals surface area contributed by atoms with Crippen molar-refractivity contribution in [1.29, 1.82) is 0 Å². The molecule has 0 saturated carbocycles. The van der Waals surface area contributed by atoms with E-state index in [0.29, 0.717) is 13.0 Å². The predicted molar refractivity (Wildman–Crippen MR) is 82.7 cm³/mol. The summed E-state index contributed by atoms with van der Waals surface area (Å²) in [7, 11) is 0. The van der Waals surface area contributed by atoms with Gasteiger partial charge in [-0.3, -0.25) is 4.79 Å². The molecule has 1 saturated heterocycles. The molecule has 1 aromatic carbocycles. The maximum atomic E-state index is 12.6. The van der Waals surface area contributed by atoms with Gasteiger partial charge in [0.15, 0.2) is 0 Å². The summed E-state index contributed by atoms with van der Waals surface area (Å²) < 4.78 is 37.7. The molecule has 1 heterocycles. The third kappa shape index (κ3) is 4.47. The maximum Gasteiger partial charge on any atom is 0.416 e.